The molecule has 0 unspecified atom stereocenters. The summed E-state index contributed by atoms with van der Waals surface area (Å²) in [4.78, 5) is 15.0. The molecule has 0 bridgehead atoms. The molecule has 0 aromatic carbocycles. The Labute approximate surface area is 121 Å². The van der Waals surface area contributed by atoms with Gasteiger partial charge in [-0.1, -0.05) is 12.8 Å². The molecule has 1 fully saturated rings. The number of thiophene rings is 1. The summed E-state index contributed by atoms with van der Waals surface area (Å²) in [6.45, 7) is 1.16. The Kier molecular flexibility index (Phi) is 5.21. The van der Waals surface area contributed by atoms with E-state index in [9.17, 15) is 4.79 Å². The zero-order chi connectivity index (χ0) is 13.0. The number of carbonyl (C=O) groups excluding carboxylic acids is 1. The fourth-order valence-corrected chi connectivity index (χ4v) is 3.76. The Bertz CT molecular complexity index is 401. The van der Waals surface area contributed by atoms with Gasteiger partial charge in [0.25, 0.3) is 0 Å². The average Bonchev–Trinajstić information content (AvgIpc) is 2.97. The van der Waals surface area contributed by atoms with Crippen LogP contribution in [0.4, 0.5) is 0 Å². The van der Waals surface area contributed by atoms with Gasteiger partial charge in [0.2, 0.25) is 5.91 Å². The number of nitrogens with one attached hydrogen (secondary N) is 1. The molecule has 5 heteroatoms. The molecule has 1 amide bonds. The Morgan fingerprint density at radius 2 is 2.28 bits per heavy atom. The standard InChI is InChI=1S/C13H19BrN2OS/c1-16(8-12-6-10(14)9-18-12)13(17)7-15-11-4-2-3-5-11/h6,9,11,15H,2-5,7-8H2,1H3. The molecule has 18 heavy (non-hydrogen) atoms. The highest BCUT2D eigenvalue weighted by Crippen LogP contribution is 2.21. The second-order valence-electron chi connectivity index (χ2n) is 4.84. The van der Waals surface area contributed by atoms with Crippen LogP contribution in [-0.2, 0) is 11.3 Å². The largest absolute Gasteiger partial charge is 0.340 e. The van der Waals surface area contributed by atoms with Crippen LogP contribution in [0.2, 0.25) is 0 Å². The molecule has 100 valence electrons. The highest BCUT2D eigenvalue weighted by atomic mass is 79.9. The van der Waals surface area contributed by atoms with E-state index in [1.54, 1.807) is 16.2 Å². The van der Waals surface area contributed by atoms with E-state index in [1.807, 2.05) is 12.4 Å². The predicted molar refractivity (Wildman–Crippen MR) is 78.8 cm³/mol. The van der Waals surface area contributed by atoms with Gasteiger partial charge in [0.15, 0.2) is 0 Å². The van der Waals surface area contributed by atoms with E-state index < -0.39 is 0 Å². The van der Waals surface area contributed by atoms with Crippen LogP contribution in [0.5, 0.6) is 0 Å². The van der Waals surface area contributed by atoms with E-state index in [-0.39, 0.29) is 5.91 Å². The van der Waals surface area contributed by atoms with Crippen molar-refractivity contribution in [2.75, 3.05) is 13.6 Å². The number of rotatable bonds is 5. The topological polar surface area (TPSA) is 32.3 Å². The van der Waals surface area contributed by atoms with Crippen molar-refractivity contribution in [3.8, 4) is 0 Å². The Balaban J connectivity index is 1.74. The average molecular weight is 331 g/mol. The third-order valence-electron chi connectivity index (χ3n) is 3.34. The van der Waals surface area contributed by atoms with E-state index >= 15 is 0 Å². The summed E-state index contributed by atoms with van der Waals surface area (Å²) >= 11 is 5.11. The number of carbonyl (C=O) groups is 1. The van der Waals surface area contributed by atoms with E-state index in [1.165, 1.54) is 30.6 Å². The molecule has 1 N–H and O–H groups in total. The number of hydrogen-bond donors (Lipinski definition) is 1. The third-order valence-corrected chi connectivity index (χ3v) is 5.02. The van der Waals surface area contributed by atoms with Crippen molar-refractivity contribution in [2.24, 2.45) is 0 Å². The summed E-state index contributed by atoms with van der Waals surface area (Å²) in [5, 5.41) is 5.40. The lowest BCUT2D eigenvalue weighted by atomic mass is 10.2. The van der Waals surface area contributed by atoms with Crippen molar-refractivity contribution in [3.05, 3.63) is 20.8 Å². The Morgan fingerprint density at radius 1 is 1.56 bits per heavy atom. The first-order valence-electron chi connectivity index (χ1n) is 6.35. The number of hydrogen-bond acceptors (Lipinski definition) is 3. The van der Waals surface area contributed by atoms with Crippen molar-refractivity contribution in [3.63, 3.8) is 0 Å². The van der Waals surface area contributed by atoms with Gasteiger partial charge in [0, 0.05) is 27.8 Å². The molecule has 1 aliphatic rings. The number of nitrogens with zero attached hydrogens (tertiary/aromatic N) is 1. The normalized spacial score (nSPS) is 16.1. The predicted octanol–water partition coefficient (Wildman–Crippen LogP) is 3.00. The maximum atomic E-state index is 12.0. The smallest absolute Gasteiger partial charge is 0.236 e. The fraction of sp³-hybridized carbons (Fsp3) is 0.615. The molecule has 0 atom stereocenters. The lowest BCUT2D eigenvalue weighted by Gasteiger charge is -2.18. The molecule has 0 saturated heterocycles. The molecule has 0 aliphatic heterocycles. The maximum Gasteiger partial charge on any atom is 0.236 e. The van der Waals surface area contributed by atoms with Gasteiger partial charge >= 0.3 is 0 Å². The summed E-state index contributed by atoms with van der Waals surface area (Å²) in [7, 11) is 1.87. The van der Waals surface area contributed by atoms with E-state index in [0.29, 0.717) is 19.1 Å². The lowest BCUT2D eigenvalue weighted by molar-refractivity contribution is -0.129. The van der Waals surface area contributed by atoms with Gasteiger partial charge in [-0.25, -0.2) is 0 Å². The van der Waals surface area contributed by atoms with Crippen molar-refractivity contribution < 1.29 is 4.79 Å². The van der Waals surface area contributed by atoms with E-state index in [0.717, 1.165) is 4.47 Å². The highest BCUT2D eigenvalue weighted by Gasteiger charge is 2.17. The summed E-state index contributed by atoms with van der Waals surface area (Å²) in [6.07, 6.45) is 5.03. The Morgan fingerprint density at radius 3 is 2.89 bits per heavy atom. The van der Waals surface area contributed by atoms with Crippen molar-refractivity contribution in [2.45, 2.75) is 38.3 Å². The van der Waals surface area contributed by atoms with Gasteiger partial charge in [-0.2, -0.15) is 0 Å². The first-order chi connectivity index (χ1) is 8.65. The van der Waals surface area contributed by atoms with Crippen molar-refractivity contribution >= 4 is 33.2 Å². The van der Waals surface area contributed by atoms with Crippen molar-refractivity contribution in [1.29, 1.82) is 0 Å². The van der Waals surface area contributed by atoms with Crippen LogP contribution in [0.3, 0.4) is 0 Å². The minimum Gasteiger partial charge on any atom is -0.340 e. The summed E-state index contributed by atoms with van der Waals surface area (Å²) in [6, 6.07) is 2.62. The molecule has 0 spiro atoms. The van der Waals surface area contributed by atoms with Crippen molar-refractivity contribution in [1.82, 2.24) is 10.2 Å². The summed E-state index contributed by atoms with van der Waals surface area (Å²) in [5.74, 6) is 0.173. The number of halogens is 1. The molecule has 2 rings (SSSR count). The molecular weight excluding hydrogens is 312 g/mol. The SMILES string of the molecule is CN(Cc1cc(Br)cs1)C(=O)CNC1CCCC1. The molecular formula is C13H19BrN2OS. The minimum atomic E-state index is 0.173. The molecule has 0 radical (unpaired) electrons. The quantitative estimate of drug-likeness (QED) is 0.900. The van der Waals surface area contributed by atoms with Gasteiger partial charge in [-0.05, 0) is 34.8 Å². The number of likely N-dealkylation sites (N-methyl/N-ethyl adjacent to an activating group) is 1. The molecule has 1 aliphatic carbocycles. The summed E-state index contributed by atoms with van der Waals surface area (Å²) in [5.41, 5.74) is 0. The van der Waals surface area contributed by atoms with E-state index in [4.69, 9.17) is 0 Å². The Hall–Kier alpha value is -0.390. The second kappa shape index (κ2) is 6.68. The van der Waals surface area contributed by atoms with Crippen LogP contribution in [0.25, 0.3) is 0 Å². The van der Waals surface area contributed by atoms with Gasteiger partial charge in [-0.3, -0.25) is 4.79 Å². The molecule has 3 nitrogen and oxygen atoms in total. The molecule has 1 aromatic rings. The van der Waals surface area contributed by atoms with E-state index in [2.05, 4.69) is 27.3 Å². The van der Waals surface area contributed by atoms with Crippen LogP contribution >= 0.6 is 27.3 Å². The summed E-state index contributed by atoms with van der Waals surface area (Å²) < 4.78 is 1.09. The van der Waals surface area contributed by atoms with Gasteiger partial charge in [-0.15, -0.1) is 11.3 Å². The van der Waals surface area contributed by atoms with Gasteiger partial charge in [0.05, 0.1) is 13.1 Å². The molecule has 1 aromatic heterocycles. The monoisotopic (exact) mass is 330 g/mol. The highest BCUT2D eigenvalue weighted by molar-refractivity contribution is 9.10. The van der Waals surface area contributed by atoms with Crippen LogP contribution in [0.1, 0.15) is 30.6 Å². The maximum absolute atomic E-state index is 12.0. The zero-order valence-corrected chi connectivity index (χ0v) is 13.0. The third kappa shape index (κ3) is 4.07. The van der Waals surface area contributed by atoms with Crippen LogP contribution in [-0.4, -0.2) is 30.4 Å². The molecule has 1 saturated carbocycles. The van der Waals surface area contributed by atoms with Crippen LogP contribution in [0, 0.1) is 0 Å². The first-order valence-corrected chi connectivity index (χ1v) is 8.02. The van der Waals surface area contributed by atoms with Gasteiger partial charge < -0.3 is 10.2 Å². The number of amides is 1. The molecule has 1 heterocycles. The lowest BCUT2D eigenvalue weighted by Crippen LogP contribution is -2.38. The van der Waals surface area contributed by atoms with Crippen LogP contribution < -0.4 is 5.32 Å². The fourth-order valence-electron chi connectivity index (χ4n) is 2.26. The zero-order valence-electron chi connectivity index (χ0n) is 10.6. The van der Waals surface area contributed by atoms with Crippen LogP contribution in [0.15, 0.2) is 15.9 Å². The van der Waals surface area contributed by atoms with Gasteiger partial charge in [0.1, 0.15) is 0 Å². The minimum absolute atomic E-state index is 0.173. The first kappa shape index (κ1) is 14.0. The second-order valence-corrected chi connectivity index (χ2v) is 6.75.